The van der Waals surface area contributed by atoms with Gasteiger partial charge in [-0.3, -0.25) is 4.55 Å². The Hall–Kier alpha value is 0.200. The van der Waals surface area contributed by atoms with Crippen molar-refractivity contribution in [2.45, 2.75) is 25.0 Å². The molecule has 0 aromatic carbocycles. The molecule has 0 aliphatic heterocycles. The Balaban J connectivity index is 4.42. The summed E-state index contributed by atoms with van der Waals surface area (Å²) < 4.78 is 28.6. The first-order valence-corrected chi connectivity index (χ1v) is 4.82. The van der Waals surface area contributed by atoms with Gasteiger partial charge in [0, 0.05) is 5.88 Å². The lowest BCUT2D eigenvalue weighted by Crippen LogP contribution is -2.31. The first-order chi connectivity index (χ1) is 4.31. The highest BCUT2D eigenvalue weighted by Gasteiger charge is 2.31. The molecule has 5 heteroatoms. The maximum absolute atomic E-state index is 10.5. The molecule has 0 bridgehead atoms. The monoisotopic (exact) mass is 186 g/mol. The molecule has 0 atom stereocenters. The number of halogens is 1. The molecule has 62 valence electrons. The highest BCUT2D eigenvalue weighted by Crippen LogP contribution is 2.19. The maximum atomic E-state index is 10.5. The summed E-state index contributed by atoms with van der Waals surface area (Å²) in [7, 11) is -3.95. The number of alkyl halides is 1. The van der Waals surface area contributed by atoms with Crippen LogP contribution < -0.4 is 0 Å². The van der Waals surface area contributed by atoms with Crippen LogP contribution >= 0.6 is 11.6 Å². The van der Waals surface area contributed by atoms with Gasteiger partial charge in [-0.25, -0.2) is 0 Å². The van der Waals surface area contributed by atoms with Gasteiger partial charge in [0.15, 0.2) is 0 Å². The van der Waals surface area contributed by atoms with E-state index in [4.69, 9.17) is 16.2 Å². The van der Waals surface area contributed by atoms with E-state index in [1.807, 2.05) is 0 Å². The highest BCUT2D eigenvalue weighted by molar-refractivity contribution is 7.87. The summed E-state index contributed by atoms with van der Waals surface area (Å²) in [6.07, 6.45) is 0.257. The number of rotatable bonds is 3. The van der Waals surface area contributed by atoms with Gasteiger partial charge in [0.1, 0.15) is 0 Å². The summed E-state index contributed by atoms with van der Waals surface area (Å²) in [6, 6.07) is 0. The topological polar surface area (TPSA) is 54.4 Å². The van der Waals surface area contributed by atoms with Crippen molar-refractivity contribution in [2.75, 3.05) is 5.88 Å². The van der Waals surface area contributed by atoms with Gasteiger partial charge in [0.05, 0.1) is 4.75 Å². The van der Waals surface area contributed by atoms with Crippen LogP contribution in [-0.4, -0.2) is 23.6 Å². The maximum Gasteiger partial charge on any atom is 0.270 e. The lowest BCUT2D eigenvalue weighted by molar-refractivity contribution is 0.437. The van der Waals surface area contributed by atoms with Crippen LogP contribution in [0.5, 0.6) is 0 Å². The molecule has 0 rings (SSSR count). The minimum atomic E-state index is -3.95. The van der Waals surface area contributed by atoms with E-state index in [0.717, 1.165) is 0 Å². The molecule has 0 fully saturated rings. The molecule has 0 heterocycles. The fraction of sp³-hybridized carbons (Fsp3) is 1.00. The molecule has 0 saturated heterocycles. The van der Waals surface area contributed by atoms with Crippen molar-refractivity contribution in [1.29, 1.82) is 0 Å². The van der Waals surface area contributed by atoms with E-state index >= 15 is 0 Å². The summed E-state index contributed by atoms with van der Waals surface area (Å²) >= 11 is 5.32. The third-order valence-electron chi connectivity index (χ3n) is 1.39. The SMILES string of the molecule is CC(C)(CCCl)S(=O)(=O)O. The Labute approximate surface area is 66.1 Å². The van der Waals surface area contributed by atoms with Gasteiger partial charge in [-0.2, -0.15) is 8.42 Å². The predicted octanol–water partition coefficient (Wildman–Crippen LogP) is 1.28. The second-order valence-corrected chi connectivity index (χ2v) is 5.11. The fourth-order valence-corrected chi connectivity index (χ4v) is 1.30. The van der Waals surface area contributed by atoms with Gasteiger partial charge in [-0.05, 0) is 20.3 Å². The quantitative estimate of drug-likeness (QED) is 0.534. The molecule has 0 amide bonds. The summed E-state index contributed by atoms with van der Waals surface area (Å²) in [5.74, 6) is 0.229. The highest BCUT2D eigenvalue weighted by atomic mass is 35.5. The van der Waals surface area contributed by atoms with Gasteiger partial charge in [0.2, 0.25) is 0 Å². The lowest BCUT2D eigenvalue weighted by Gasteiger charge is -2.18. The molecular weight excluding hydrogens is 176 g/mol. The second kappa shape index (κ2) is 3.07. The van der Waals surface area contributed by atoms with Crippen LogP contribution in [0.4, 0.5) is 0 Å². The van der Waals surface area contributed by atoms with Gasteiger partial charge in [0.25, 0.3) is 10.1 Å². The summed E-state index contributed by atoms with van der Waals surface area (Å²) in [6.45, 7) is 2.87. The van der Waals surface area contributed by atoms with Crippen LogP contribution in [-0.2, 0) is 10.1 Å². The van der Waals surface area contributed by atoms with E-state index in [-0.39, 0.29) is 12.3 Å². The van der Waals surface area contributed by atoms with Gasteiger partial charge >= 0.3 is 0 Å². The molecule has 0 radical (unpaired) electrons. The third kappa shape index (κ3) is 2.44. The Morgan fingerprint density at radius 2 is 1.90 bits per heavy atom. The Bertz CT molecular complexity index is 195. The van der Waals surface area contributed by atoms with Crippen molar-refractivity contribution in [1.82, 2.24) is 0 Å². The number of hydrogen-bond donors (Lipinski definition) is 1. The Kier molecular flexibility index (Phi) is 3.13. The zero-order valence-electron chi connectivity index (χ0n) is 5.96. The molecular formula is C5H11ClO3S. The molecule has 0 aromatic heterocycles. The molecule has 0 spiro atoms. The zero-order valence-corrected chi connectivity index (χ0v) is 7.54. The molecule has 0 aliphatic carbocycles. The predicted molar refractivity (Wildman–Crippen MR) is 41.0 cm³/mol. The first-order valence-electron chi connectivity index (χ1n) is 2.84. The molecule has 10 heavy (non-hydrogen) atoms. The zero-order chi connectivity index (χ0) is 8.41. The van der Waals surface area contributed by atoms with E-state index in [9.17, 15) is 8.42 Å². The minimum absolute atomic E-state index is 0.229. The molecule has 0 aliphatic rings. The van der Waals surface area contributed by atoms with E-state index in [0.29, 0.717) is 0 Å². The first kappa shape index (κ1) is 10.2. The van der Waals surface area contributed by atoms with E-state index < -0.39 is 14.9 Å². The lowest BCUT2D eigenvalue weighted by atomic mass is 10.1. The molecule has 0 aromatic rings. The van der Waals surface area contributed by atoms with Crippen LogP contribution in [0, 0.1) is 0 Å². The molecule has 0 unspecified atom stereocenters. The minimum Gasteiger partial charge on any atom is -0.285 e. The van der Waals surface area contributed by atoms with Crippen LogP contribution in [0.25, 0.3) is 0 Å². The van der Waals surface area contributed by atoms with Crippen molar-refractivity contribution >= 4 is 21.7 Å². The van der Waals surface area contributed by atoms with Crippen LogP contribution in [0.1, 0.15) is 20.3 Å². The van der Waals surface area contributed by atoms with Crippen molar-refractivity contribution in [2.24, 2.45) is 0 Å². The second-order valence-electron chi connectivity index (χ2n) is 2.67. The number of hydrogen-bond acceptors (Lipinski definition) is 2. The third-order valence-corrected chi connectivity index (χ3v) is 3.18. The van der Waals surface area contributed by atoms with Crippen molar-refractivity contribution in [3.05, 3.63) is 0 Å². The fourth-order valence-electron chi connectivity index (χ4n) is 0.357. The van der Waals surface area contributed by atoms with E-state index in [1.165, 1.54) is 13.8 Å². The van der Waals surface area contributed by atoms with Crippen molar-refractivity contribution < 1.29 is 13.0 Å². The molecule has 1 N–H and O–H groups in total. The average Bonchev–Trinajstić information content (AvgIpc) is 1.61. The normalized spacial score (nSPS) is 13.6. The van der Waals surface area contributed by atoms with Gasteiger partial charge in [-0.15, -0.1) is 11.6 Å². The Morgan fingerprint density at radius 1 is 1.50 bits per heavy atom. The Morgan fingerprint density at radius 3 is 2.00 bits per heavy atom. The summed E-state index contributed by atoms with van der Waals surface area (Å²) in [5.41, 5.74) is 0. The van der Waals surface area contributed by atoms with Crippen molar-refractivity contribution in [3.63, 3.8) is 0 Å². The van der Waals surface area contributed by atoms with Gasteiger partial charge < -0.3 is 0 Å². The standard InChI is InChI=1S/C5H11ClO3S/c1-5(2,3-4-6)10(7,8)9/h3-4H2,1-2H3,(H,7,8,9). The van der Waals surface area contributed by atoms with Crippen LogP contribution in [0.2, 0.25) is 0 Å². The largest absolute Gasteiger partial charge is 0.285 e. The van der Waals surface area contributed by atoms with Crippen LogP contribution in [0.15, 0.2) is 0 Å². The summed E-state index contributed by atoms with van der Waals surface area (Å²) in [4.78, 5) is 0. The molecule has 0 saturated carbocycles. The van der Waals surface area contributed by atoms with Crippen molar-refractivity contribution in [3.8, 4) is 0 Å². The van der Waals surface area contributed by atoms with Gasteiger partial charge in [-0.1, -0.05) is 0 Å². The average molecular weight is 187 g/mol. The smallest absolute Gasteiger partial charge is 0.270 e. The summed E-state index contributed by atoms with van der Waals surface area (Å²) in [5, 5.41) is 0. The van der Waals surface area contributed by atoms with E-state index in [2.05, 4.69) is 0 Å². The van der Waals surface area contributed by atoms with E-state index in [1.54, 1.807) is 0 Å². The molecule has 3 nitrogen and oxygen atoms in total. The van der Waals surface area contributed by atoms with Crippen LogP contribution in [0.3, 0.4) is 0 Å².